The van der Waals surface area contributed by atoms with Gasteiger partial charge in [-0.15, -0.1) is 11.3 Å². The second-order valence-electron chi connectivity index (χ2n) is 6.48. The van der Waals surface area contributed by atoms with Crippen molar-refractivity contribution in [1.29, 1.82) is 5.26 Å². The van der Waals surface area contributed by atoms with Gasteiger partial charge in [-0.25, -0.2) is 0 Å². The fourth-order valence-corrected chi connectivity index (χ4v) is 4.59. The normalized spacial score (nSPS) is 14.0. The zero-order valence-electron chi connectivity index (χ0n) is 15.7. The van der Waals surface area contributed by atoms with Gasteiger partial charge >= 0.3 is 0 Å². The van der Waals surface area contributed by atoms with Gasteiger partial charge in [0.1, 0.15) is 11.1 Å². The number of rotatable bonds is 6. The van der Waals surface area contributed by atoms with E-state index in [0.717, 1.165) is 35.5 Å². The number of thiophene rings is 1. The van der Waals surface area contributed by atoms with Crippen molar-refractivity contribution < 1.29 is 14.3 Å². The quantitative estimate of drug-likeness (QED) is 0.796. The van der Waals surface area contributed by atoms with Crippen molar-refractivity contribution in [2.75, 3.05) is 26.1 Å². The number of benzene rings is 1. The summed E-state index contributed by atoms with van der Waals surface area (Å²) in [6.07, 6.45) is 1.11. The smallest absolute Gasteiger partial charge is 0.225 e. The number of hydrogen-bond acceptors (Lipinski definition) is 6. The van der Waals surface area contributed by atoms with Crippen LogP contribution in [0.1, 0.15) is 40.8 Å². The lowest BCUT2D eigenvalue weighted by molar-refractivity contribution is -0.116. The fraction of sp³-hybridized carbons (Fsp3) is 0.400. The number of nitrogens with zero attached hydrogens (tertiary/aromatic N) is 1. The molecule has 2 heterocycles. The molecule has 142 valence electrons. The molecule has 0 spiro atoms. The summed E-state index contributed by atoms with van der Waals surface area (Å²) in [5, 5.41) is 16.4. The maximum Gasteiger partial charge on any atom is 0.225 e. The lowest BCUT2D eigenvalue weighted by atomic mass is 9.96. The summed E-state index contributed by atoms with van der Waals surface area (Å²) in [5.74, 6) is 1.12. The Labute approximate surface area is 163 Å². The van der Waals surface area contributed by atoms with E-state index in [1.165, 1.54) is 11.3 Å². The van der Waals surface area contributed by atoms with Crippen LogP contribution in [0.15, 0.2) is 18.2 Å². The molecule has 2 N–H and O–H groups in total. The molecule has 0 saturated heterocycles. The lowest BCUT2D eigenvalue weighted by Gasteiger charge is -2.17. The second-order valence-corrected chi connectivity index (χ2v) is 7.59. The van der Waals surface area contributed by atoms with E-state index in [1.54, 1.807) is 14.2 Å². The summed E-state index contributed by atoms with van der Waals surface area (Å²) in [6, 6.07) is 7.92. The molecule has 1 aliphatic rings. The number of nitrogens with one attached hydrogen (secondary N) is 2. The number of hydrogen-bond donors (Lipinski definition) is 2. The van der Waals surface area contributed by atoms with Gasteiger partial charge in [0, 0.05) is 23.4 Å². The van der Waals surface area contributed by atoms with Crippen LogP contribution in [0.2, 0.25) is 0 Å². The molecular weight excluding hydrogens is 362 g/mol. The Kier molecular flexibility index (Phi) is 5.99. The Morgan fingerprint density at radius 1 is 1.41 bits per heavy atom. The summed E-state index contributed by atoms with van der Waals surface area (Å²) in [7, 11) is 3.19. The maximum atomic E-state index is 12.6. The van der Waals surface area contributed by atoms with Gasteiger partial charge in [-0.3, -0.25) is 4.79 Å². The average molecular weight is 385 g/mol. The minimum atomic E-state index is -0.115. The number of anilines is 1. The third kappa shape index (κ3) is 3.92. The SMILES string of the molecule is COc1cccc([C@@H](C)CC(=O)Nc2sc3c(c2C#N)CCNC3)c1OC. The molecular formula is C20H23N3O3S. The van der Waals surface area contributed by atoms with Crippen LogP contribution in [-0.4, -0.2) is 26.7 Å². The van der Waals surface area contributed by atoms with Crippen molar-refractivity contribution in [3.8, 4) is 17.6 Å². The zero-order chi connectivity index (χ0) is 19.4. The van der Waals surface area contributed by atoms with Crippen molar-refractivity contribution in [3.05, 3.63) is 39.8 Å². The minimum Gasteiger partial charge on any atom is -0.493 e. The molecule has 0 unspecified atom stereocenters. The first kappa shape index (κ1) is 19.2. The number of methoxy groups -OCH3 is 2. The summed E-state index contributed by atoms with van der Waals surface area (Å²) in [5.41, 5.74) is 2.60. The lowest BCUT2D eigenvalue weighted by Crippen LogP contribution is -2.22. The average Bonchev–Trinajstić information content (AvgIpc) is 3.03. The monoisotopic (exact) mass is 385 g/mol. The molecule has 0 bridgehead atoms. The van der Waals surface area contributed by atoms with E-state index >= 15 is 0 Å². The molecule has 1 atom stereocenters. The van der Waals surface area contributed by atoms with Crippen molar-refractivity contribution in [2.24, 2.45) is 0 Å². The third-order valence-corrected chi connectivity index (χ3v) is 5.90. The van der Waals surface area contributed by atoms with E-state index in [9.17, 15) is 10.1 Å². The van der Waals surface area contributed by atoms with Gasteiger partial charge in [0.25, 0.3) is 0 Å². The number of carbonyl (C=O) groups excluding carboxylic acids is 1. The molecule has 2 aromatic rings. The third-order valence-electron chi connectivity index (χ3n) is 4.75. The van der Waals surface area contributed by atoms with Crippen molar-refractivity contribution in [3.63, 3.8) is 0 Å². The number of amides is 1. The van der Waals surface area contributed by atoms with Crippen LogP contribution >= 0.6 is 11.3 Å². The molecule has 0 radical (unpaired) electrons. The van der Waals surface area contributed by atoms with Gasteiger partial charge in [-0.1, -0.05) is 19.1 Å². The van der Waals surface area contributed by atoms with E-state index < -0.39 is 0 Å². The molecule has 1 aromatic carbocycles. The molecule has 0 aliphatic carbocycles. The summed E-state index contributed by atoms with van der Waals surface area (Å²) >= 11 is 1.49. The molecule has 6 nitrogen and oxygen atoms in total. The van der Waals surface area contributed by atoms with E-state index in [2.05, 4.69) is 16.7 Å². The van der Waals surface area contributed by atoms with Gasteiger partial charge < -0.3 is 20.1 Å². The standard InChI is InChI=1S/C20H23N3O3S/c1-12(13-5-4-6-16(25-2)19(13)26-3)9-18(24)23-20-15(10-21)14-7-8-22-11-17(14)27-20/h4-6,12,22H,7-9,11H2,1-3H3,(H,23,24)/t12-/m0/s1. The number of para-hydroxylation sites is 1. The second kappa shape index (κ2) is 8.42. The van der Waals surface area contributed by atoms with Gasteiger partial charge in [0.15, 0.2) is 11.5 Å². The molecule has 1 aliphatic heterocycles. The first-order valence-electron chi connectivity index (χ1n) is 8.85. The van der Waals surface area contributed by atoms with Crippen molar-refractivity contribution in [2.45, 2.75) is 32.2 Å². The highest BCUT2D eigenvalue weighted by Crippen LogP contribution is 2.38. The largest absolute Gasteiger partial charge is 0.493 e. The van der Waals surface area contributed by atoms with E-state index in [1.807, 2.05) is 25.1 Å². The van der Waals surface area contributed by atoms with Crippen LogP contribution in [0.3, 0.4) is 0 Å². The predicted molar refractivity (Wildman–Crippen MR) is 106 cm³/mol. The Balaban J connectivity index is 1.75. The van der Waals surface area contributed by atoms with Crippen LogP contribution in [0.25, 0.3) is 0 Å². The number of fused-ring (bicyclic) bond motifs is 1. The van der Waals surface area contributed by atoms with E-state index in [0.29, 0.717) is 22.1 Å². The highest BCUT2D eigenvalue weighted by atomic mass is 32.1. The van der Waals surface area contributed by atoms with Crippen LogP contribution in [0.5, 0.6) is 11.5 Å². The zero-order valence-corrected chi connectivity index (χ0v) is 16.5. The van der Waals surface area contributed by atoms with Gasteiger partial charge in [0.05, 0.1) is 19.8 Å². The van der Waals surface area contributed by atoms with Gasteiger partial charge in [-0.05, 0) is 30.5 Å². The Morgan fingerprint density at radius 3 is 2.93 bits per heavy atom. The van der Waals surface area contributed by atoms with Crippen LogP contribution < -0.4 is 20.1 Å². The van der Waals surface area contributed by atoms with Crippen LogP contribution in [0, 0.1) is 11.3 Å². The molecule has 7 heteroatoms. The van der Waals surface area contributed by atoms with Crippen LogP contribution in [0.4, 0.5) is 5.00 Å². The Hall–Kier alpha value is -2.56. The molecule has 1 amide bonds. The topological polar surface area (TPSA) is 83.4 Å². The highest BCUT2D eigenvalue weighted by Gasteiger charge is 2.23. The molecule has 3 rings (SSSR count). The molecule has 0 saturated carbocycles. The molecule has 1 aromatic heterocycles. The van der Waals surface area contributed by atoms with Crippen LogP contribution in [-0.2, 0) is 17.8 Å². The summed E-state index contributed by atoms with van der Waals surface area (Å²) in [6.45, 7) is 3.59. The maximum absolute atomic E-state index is 12.6. The van der Waals surface area contributed by atoms with E-state index in [4.69, 9.17) is 9.47 Å². The fourth-order valence-electron chi connectivity index (χ4n) is 3.41. The number of nitriles is 1. The van der Waals surface area contributed by atoms with E-state index in [-0.39, 0.29) is 18.2 Å². The number of carbonyl (C=O) groups is 1. The molecule has 0 fully saturated rings. The summed E-state index contributed by atoms with van der Waals surface area (Å²) in [4.78, 5) is 13.8. The first-order chi connectivity index (χ1) is 13.1. The number of ether oxygens (including phenoxy) is 2. The summed E-state index contributed by atoms with van der Waals surface area (Å²) < 4.78 is 10.8. The van der Waals surface area contributed by atoms with Gasteiger partial charge in [0.2, 0.25) is 5.91 Å². The Bertz CT molecular complexity index is 885. The van der Waals surface area contributed by atoms with Crippen molar-refractivity contribution in [1.82, 2.24) is 5.32 Å². The Morgan fingerprint density at radius 2 is 2.22 bits per heavy atom. The predicted octanol–water partition coefficient (Wildman–Crippen LogP) is 3.41. The molecule has 27 heavy (non-hydrogen) atoms. The minimum absolute atomic E-state index is 0.0585. The highest BCUT2D eigenvalue weighted by molar-refractivity contribution is 7.16. The van der Waals surface area contributed by atoms with Crippen molar-refractivity contribution >= 4 is 22.2 Å². The van der Waals surface area contributed by atoms with Gasteiger partial charge in [-0.2, -0.15) is 5.26 Å². The first-order valence-corrected chi connectivity index (χ1v) is 9.66.